The molecule has 146 valence electrons. The van der Waals surface area contributed by atoms with E-state index in [1.165, 1.54) is 22.3 Å². The van der Waals surface area contributed by atoms with E-state index in [1.807, 2.05) is 12.1 Å². The Balaban J connectivity index is 1.29. The fraction of sp³-hybridized carbons (Fsp3) is 0.300. The number of fused-ring (bicyclic) bond motifs is 1. The third kappa shape index (κ3) is 4.47. The Kier molecular flexibility index (Phi) is 5.82. The summed E-state index contributed by atoms with van der Waals surface area (Å²) in [5.74, 6) is -0.390. The van der Waals surface area contributed by atoms with Gasteiger partial charge < -0.3 is 9.88 Å². The lowest BCUT2D eigenvalue weighted by molar-refractivity contribution is -0.117. The molecule has 2 heterocycles. The number of aromatic nitrogens is 1. The van der Waals surface area contributed by atoms with Crippen LogP contribution in [0.15, 0.2) is 48.5 Å². The lowest BCUT2D eigenvalue weighted by atomic mass is 10.3. The van der Waals surface area contributed by atoms with Crippen molar-refractivity contribution in [3.8, 4) is 0 Å². The first-order valence-electron chi connectivity index (χ1n) is 9.17. The van der Waals surface area contributed by atoms with Crippen molar-refractivity contribution in [2.45, 2.75) is 6.67 Å². The molecule has 1 N–H and O–H groups in total. The predicted octanol–water partition coefficient (Wildman–Crippen LogP) is 3.79. The Bertz CT molecular complexity index is 1020. The lowest BCUT2D eigenvalue weighted by Crippen LogP contribution is -2.48. The normalized spacial score (nSPS) is 15.8. The highest BCUT2D eigenvalue weighted by Gasteiger charge is 2.20. The molecule has 1 aromatic heterocycles. The Morgan fingerprint density at radius 1 is 1.04 bits per heavy atom. The molecule has 1 fully saturated rings. The Labute approximate surface area is 172 Å². The number of hydrogen-bond acceptors (Lipinski definition) is 5. The zero-order valence-electron chi connectivity index (χ0n) is 15.3. The van der Waals surface area contributed by atoms with Crippen LogP contribution in [0.1, 0.15) is 0 Å². The van der Waals surface area contributed by atoms with Gasteiger partial charge in [-0.05, 0) is 48.6 Å². The van der Waals surface area contributed by atoms with Crippen LogP contribution in [-0.4, -0.2) is 53.0 Å². The second-order valence-electron chi connectivity index (χ2n) is 6.85. The quantitative estimate of drug-likeness (QED) is 0.643. The highest BCUT2D eigenvalue weighted by molar-refractivity contribution is 7.73. The van der Waals surface area contributed by atoms with Gasteiger partial charge in [0.25, 0.3) is 0 Å². The fourth-order valence-corrected chi connectivity index (χ4v) is 4.68. The maximum absolute atomic E-state index is 12.9. The van der Waals surface area contributed by atoms with Gasteiger partial charge in [0.05, 0.1) is 23.4 Å². The summed E-state index contributed by atoms with van der Waals surface area (Å²) in [6, 6.07) is 14.1. The van der Waals surface area contributed by atoms with Crippen molar-refractivity contribution in [2.75, 3.05) is 38.0 Å². The zero-order valence-corrected chi connectivity index (χ0v) is 16.9. The molecule has 0 atom stereocenters. The van der Waals surface area contributed by atoms with E-state index in [9.17, 15) is 9.18 Å². The van der Waals surface area contributed by atoms with E-state index in [0.717, 1.165) is 36.8 Å². The van der Waals surface area contributed by atoms with E-state index in [2.05, 4.69) is 31.8 Å². The average molecular weight is 417 g/mol. The molecule has 1 saturated heterocycles. The molecule has 1 aliphatic rings. The average Bonchev–Trinajstić information content (AvgIpc) is 3.00. The molecule has 2 aromatic carbocycles. The standard InChI is InChI=1S/C20H21FN4OS2/c21-15-5-7-16(8-6-15)22-19(26)13-23-9-11-24(12-10-23)14-25-17-3-1-2-4-18(17)28-20(25)27/h1-8H,9-14H2,(H,22,26). The second-order valence-corrected chi connectivity index (χ2v) is 8.53. The van der Waals surface area contributed by atoms with E-state index < -0.39 is 0 Å². The largest absolute Gasteiger partial charge is 0.325 e. The molecule has 5 nitrogen and oxygen atoms in total. The van der Waals surface area contributed by atoms with Gasteiger partial charge >= 0.3 is 0 Å². The van der Waals surface area contributed by atoms with E-state index in [4.69, 9.17) is 12.2 Å². The Hall–Kier alpha value is -2.13. The van der Waals surface area contributed by atoms with Crippen LogP contribution in [0.4, 0.5) is 10.1 Å². The molecule has 0 spiro atoms. The van der Waals surface area contributed by atoms with Crippen molar-refractivity contribution in [2.24, 2.45) is 0 Å². The molecule has 0 unspecified atom stereocenters. The third-order valence-corrected chi connectivity index (χ3v) is 6.31. The molecule has 0 aliphatic carbocycles. The molecule has 4 rings (SSSR count). The second kappa shape index (κ2) is 8.48. The number of piperazine rings is 1. The minimum absolute atomic E-state index is 0.0777. The van der Waals surface area contributed by atoms with Gasteiger partial charge in [0, 0.05) is 31.9 Å². The molecule has 8 heteroatoms. The first-order valence-corrected chi connectivity index (χ1v) is 10.4. The van der Waals surface area contributed by atoms with Crippen molar-refractivity contribution in [1.82, 2.24) is 14.4 Å². The SMILES string of the molecule is O=C(CN1CCN(Cn2c(=S)sc3ccccc32)CC1)Nc1ccc(F)cc1. The van der Waals surface area contributed by atoms with E-state index in [1.54, 1.807) is 23.5 Å². The highest BCUT2D eigenvalue weighted by atomic mass is 32.1. The minimum Gasteiger partial charge on any atom is -0.325 e. The molecule has 0 bridgehead atoms. The number of rotatable bonds is 5. The van der Waals surface area contributed by atoms with E-state index in [0.29, 0.717) is 12.2 Å². The van der Waals surface area contributed by atoms with Gasteiger partial charge in [-0.2, -0.15) is 0 Å². The topological polar surface area (TPSA) is 40.5 Å². The summed E-state index contributed by atoms with van der Waals surface area (Å²) in [6.07, 6.45) is 0. The number of hydrogen-bond donors (Lipinski definition) is 1. The number of nitrogens with zero attached hydrogens (tertiary/aromatic N) is 3. The molecule has 28 heavy (non-hydrogen) atoms. The number of thiazole rings is 1. The number of nitrogens with one attached hydrogen (secondary N) is 1. The summed E-state index contributed by atoms with van der Waals surface area (Å²) >= 11 is 7.18. The Morgan fingerprint density at radius 2 is 1.71 bits per heavy atom. The smallest absolute Gasteiger partial charge is 0.238 e. The van der Waals surface area contributed by atoms with Crippen molar-refractivity contribution >= 4 is 45.4 Å². The van der Waals surface area contributed by atoms with Crippen LogP contribution in [0.2, 0.25) is 0 Å². The van der Waals surface area contributed by atoms with Crippen molar-refractivity contribution in [3.63, 3.8) is 0 Å². The van der Waals surface area contributed by atoms with Gasteiger partial charge in [0.15, 0.2) is 3.95 Å². The number of anilines is 1. The van der Waals surface area contributed by atoms with Gasteiger partial charge in [-0.25, -0.2) is 4.39 Å². The summed E-state index contributed by atoms with van der Waals surface area (Å²) < 4.78 is 17.2. The summed E-state index contributed by atoms with van der Waals surface area (Å²) in [4.78, 5) is 16.7. The molecule has 1 aliphatic heterocycles. The highest BCUT2D eigenvalue weighted by Crippen LogP contribution is 2.23. The number of carbonyl (C=O) groups excluding carboxylic acids is 1. The van der Waals surface area contributed by atoms with Crippen LogP contribution in [-0.2, 0) is 11.5 Å². The van der Waals surface area contributed by atoms with Gasteiger partial charge in [-0.15, -0.1) is 11.3 Å². The number of benzene rings is 2. The summed E-state index contributed by atoms with van der Waals surface area (Å²) in [5.41, 5.74) is 1.79. The summed E-state index contributed by atoms with van der Waals surface area (Å²) in [7, 11) is 0. The van der Waals surface area contributed by atoms with E-state index in [-0.39, 0.29) is 11.7 Å². The molecule has 0 saturated carbocycles. The third-order valence-electron chi connectivity index (χ3n) is 4.88. The Morgan fingerprint density at radius 3 is 2.46 bits per heavy atom. The van der Waals surface area contributed by atoms with Crippen molar-refractivity contribution in [3.05, 3.63) is 58.3 Å². The first kappa shape index (κ1) is 19.2. The van der Waals surface area contributed by atoms with Crippen LogP contribution in [0.5, 0.6) is 0 Å². The molecular weight excluding hydrogens is 395 g/mol. The first-order chi connectivity index (χ1) is 13.6. The van der Waals surface area contributed by atoms with Gasteiger partial charge in [0.2, 0.25) is 5.91 Å². The fourth-order valence-electron chi connectivity index (χ4n) is 3.37. The van der Waals surface area contributed by atoms with Gasteiger partial charge in [-0.3, -0.25) is 14.6 Å². The molecular formula is C20H21FN4OS2. The van der Waals surface area contributed by atoms with Gasteiger partial charge in [0.1, 0.15) is 5.82 Å². The van der Waals surface area contributed by atoms with Crippen LogP contribution in [0, 0.1) is 9.77 Å². The number of amides is 1. The lowest BCUT2D eigenvalue weighted by Gasteiger charge is -2.34. The predicted molar refractivity (Wildman–Crippen MR) is 114 cm³/mol. The van der Waals surface area contributed by atoms with Crippen molar-refractivity contribution < 1.29 is 9.18 Å². The number of para-hydroxylation sites is 1. The zero-order chi connectivity index (χ0) is 19.5. The van der Waals surface area contributed by atoms with E-state index >= 15 is 0 Å². The number of halogens is 1. The molecule has 0 radical (unpaired) electrons. The van der Waals surface area contributed by atoms with Gasteiger partial charge in [-0.1, -0.05) is 12.1 Å². The van der Waals surface area contributed by atoms with Crippen LogP contribution in [0.25, 0.3) is 10.2 Å². The van der Waals surface area contributed by atoms with Crippen LogP contribution in [0.3, 0.4) is 0 Å². The maximum Gasteiger partial charge on any atom is 0.238 e. The molecule has 3 aromatic rings. The summed E-state index contributed by atoms with van der Waals surface area (Å²) in [6.45, 7) is 4.54. The molecule has 1 amide bonds. The van der Waals surface area contributed by atoms with Crippen LogP contribution >= 0.6 is 23.6 Å². The van der Waals surface area contributed by atoms with Crippen LogP contribution < -0.4 is 5.32 Å². The minimum atomic E-state index is -0.312. The van der Waals surface area contributed by atoms with Crippen molar-refractivity contribution in [1.29, 1.82) is 0 Å². The monoisotopic (exact) mass is 416 g/mol. The summed E-state index contributed by atoms with van der Waals surface area (Å²) in [5, 5.41) is 2.81. The maximum atomic E-state index is 12.9. The number of carbonyl (C=O) groups is 1.